The predicted octanol–water partition coefficient (Wildman–Crippen LogP) is 2.89. The Hall–Kier alpha value is -2.17. The average molecular weight is 339 g/mol. The molecule has 1 saturated heterocycles. The van der Waals surface area contributed by atoms with E-state index in [1.165, 1.54) is 11.1 Å². The lowest BCUT2D eigenvalue weighted by Gasteiger charge is -2.39. The minimum atomic E-state index is -1.14. The van der Waals surface area contributed by atoms with Gasteiger partial charge in [-0.2, -0.15) is 0 Å². The van der Waals surface area contributed by atoms with Crippen molar-refractivity contribution in [2.45, 2.75) is 31.3 Å². The summed E-state index contributed by atoms with van der Waals surface area (Å²) in [5.74, 6) is -0.356. The molecule has 1 heterocycles. The number of benzene rings is 2. The van der Waals surface area contributed by atoms with Crippen LogP contribution in [0.5, 0.6) is 0 Å². The SMILES string of the molecule is Cc1ccccc1C1(CNC(=O)C(O)c2ccccc2)CCOCC1. The second-order valence-electron chi connectivity index (χ2n) is 6.74. The zero-order valence-corrected chi connectivity index (χ0v) is 14.6. The summed E-state index contributed by atoms with van der Waals surface area (Å²) in [4.78, 5) is 12.5. The first-order valence-electron chi connectivity index (χ1n) is 8.77. The monoisotopic (exact) mass is 339 g/mol. The lowest BCUT2D eigenvalue weighted by atomic mass is 9.72. The van der Waals surface area contributed by atoms with E-state index in [1.807, 2.05) is 30.3 Å². The van der Waals surface area contributed by atoms with E-state index in [1.54, 1.807) is 12.1 Å². The molecule has 0 aromatic heterocycles. The van der Waals surface area contributed by atoms with Crippen molar-refractivity contribution in [3.05, 3.63) is 71.3 Å². The van der Waals surface area contributed by atoms with E-state index in [0.717, 1.165) is 12.8 Å². The number of hydrogen-bond acceptors (Lipinski definition) is 3. The van der Waals surface area contributed by atoms with Crippen molar-refractivity contribution >= 4 is 5.91 Å². The van der Waals surface area contributed by atoms with Gasteiger partial charge in [0.2, 0.25) is 0 Å². The van der Waals surface area contributed by atoms with Crippen LogP contribution in [0.25, 0.3) is 0 Å². The molecule has 1 fully saturated rings. The van der Waals surface area contributed by atoms with E-state index in [4.69, 9.17) is 4.74 Å². The molecule has 4 nitrogen and oxygen atoms in total. The maximum atomic E-state index is 12.5. The standard InChI is InChI=1S/C21H25NO3/c1-16-7-5-6-10-18(16)21(11-13-25-14-12-21)15-22-20(24)19(23)17-8-3-2-4-9-17/h2-10,19,23H,11-15H2,1H3,(H,22,24). The molecule has 1 aliphatic rings. The number of nitrogens with one attached hydrogen (secondary N) is 1. The van der Waals surface area contributed by atoms with Gasteiger partial charge in [-0.15, -0.1) is 0 Å². The number of ether oxygens (including phenoxy) is 1. The fraction of sp³-hybridized carbons (Fsp3) is 0.381. The van der Waals surface area contributed by atoms with Gasteiger partial charge in [-0.1, -0.05) is 54.6 Å². The predicted molar refractivity (Wildman–Crippen MR) is 97.3 cm³/mol. The minimum Gasteiger partial charge on any atom is -0.381 e. The summed E-state index contributed by atoms with van der Waals surface area (Å²) in [5.41, 5.74) is 2.95. The average Bonchev–Trinajstić information content (AvgIpc) is 2.67. The van der Waals surface area contributed by atoms with E-state index in [-0.39, 0.29) is 11.3 Å². The van der Waals surface area contributed by atoms with Crippen molar-refractivity contribution in [2.24, 2.45) is 0 Å². The number of amides is 1. The van der Waals surface area contributed by atoms with E-state index in [0.29, 0.717) is 25.3 Å². The van der Waals surface area contributed by atoms with Gasteiger partial charge in [-0.3, -0.25) is 4.79 Å². The van der Waals surface area contributed by atoms with Crippen molar-refractivity contribution in [3.8, 4) is 0 Å². The van der Waals surface area contributed by atoms with Crippen LogP contribution in [0.4, 0.5) is 0 Å². The molecule has 0 spiro atoms. The Morgan fingerprint density at radius 3 is 2.44 bits per heavy atom. The van der Waals surface area contributed by atoms with Crippen molar-refractivity contribution in [2.75, 3.05) is 19.8 Å². The smallest absolute Gasteiger partial charge is 0.253 e. The van der Waals surface area contributed by atoms with E-state index in [9.17, 15) is 9.90 Å². The van der Waals surface area contributed by atoms with Crippen LogP contribution >= 0.6 is 0 Å². The summed E-state index contributed by atoms with van der Waals surface area (Å²) in [6.07, 6.45) is 0.578. The van der Waals surface area contributed by atoms with Gasteiger partial charge in [0.05, 0.1) is 0 Å². The third-order valence-electron chi connectivity index (χ3n) is 5.13. The zero-order valence-electron chi connectivity index (χ0n) is 14.6. The summed E-state index contributed by atoms with van der Waals surface area (Å²) in [6.45, 7) is 3.98. The second kappa shape index (κ2) is 7.81. The van der Waals surface area contributed by atoms with Gasteiger partial charge in [0, 0.05) is 25.2 Å². The quantitative estimate of drug-likeness (QED) is 0.881. The van der Waals surface area contributed by atoms with Gasteiger partial charge in [0.25, 0.3) is 5.91 Å². The van der Waals surface area contributed by atoms with Gasteiger partial charge >= 0.3 is 0 Å². The molecule has 2 aromatic rings. The third-order valence-corrected chi connectivity index (χ3v) is 5.13. The van der Waals surface area contributed by atoms with Crippen LogP contribution in [0.3, 0.4) is 0 Å². The third kappa shape index (κ3) is 3.91. The molecule has 4 heteroatoms. The Labute approximate surface area is 148 Å². The number of carbonyl (C=O) groups is 1. The maximum absolute atomic E-state index is 12.5. The van der Waals surface area contributed by atoms with Crippen LogP contribution in [0.2, 0.25) is 0 Å². The van der Waals surface area contributed by atoms with Crippen LogP contribution in [-0.2, 0) is 14.9 Å². The molecule has 2 N–H and O–H groups in total. The number of hydrogen-bond donors (Lipinski definition) is 2. The lowest BCUT2D eigenvalue weighted by Crippen LogP contribution is -2.46. The van der Waals surface area contributed by atoms with Gasteiger partial charge < -0.3 is 15.2 Å². The molecule has 2 aromatic carbocycles. The van der Waals surface area contributed by atoms with Gasteiger partial charge in [-0.05, 0) is 36.5 Å². The van der Waals surface area contributed by atoms with Crippen molar-refractivity contribution in [1.82, 2.24) is 5.32 Å². The number of aryl methyl sites for hydroxylation is 1. The zero-order chi connectivity index (χ0) is 17.7. The molecule has 0 bridgehead atoms. The Morgan fingerprint density at radius 1 is 1.12 bits per heavy atom. The van der Waals surface area contributed by atoms with Crippen LogP contribution in [0.1, 0.15) is 35.6 Å². The second-order valence-corrected chi connectivity index (χ2v) is 6.74. The van der Waals surface area contributed by atoms with E-state index < -0.39 is 6.10 Å². The summed E-state index contributed by atoms with van der Waals surface area (Å²) in [7, 11) is 0. The Morgan fingerprint density at radius 2 is 1.76 bits per heavy atom. The number of rotatable bonds is 5. The van der Waals surface area contributed by atoms with Crippen LogP contribution < -0.4 is 5.32 Å². The molecule has 1 atom stereocenters. The summed E-state index contributed by atoms with van der Waals surface area (Å²) in [5, 5.41) is 13.3. The van der Waals surface area contributed by atoms with Gasteiger partial charge in [0.1, 0.15) is 0 Å². The fourth-order valence-electron chi connectivity index (χ4n) is 3.61. The van der Waals surface area contributed by atoms with Gasteiger partial charge in [0.15, 0.2) is 6.10 Å². The summed E-state index contributed by atoms with van der Waals surface area (Å²) < 4.78 is 5.55. The fourth-order valence-corrected chi connectivity index (χ4v) is 3.61. The highest BCUT2D eigenvalue weighted by Gasteiger charge is 2.36. The van der Waals surface area contributed by atoms with Gasteiger partial charge in [-0.25, -0.2) is 0 Å². The Balaban J connectivity index is 1.76. The molecule has 0 aliphatic carbocycles. The molecule has 1 aliphatic heterocycles. The van der Waals surface area contributed by atoms with E-state index in [2.05, 4.69) is 24.4 Å². The molecule has 0 saturated carbocycles. The maximum Gasteiger partial charge on any atom is 0.253 e. The van der Waals surface area contributed by atoms with Crippen LogP contribution in [-0.4, -0.2) is 30.8 Å². The van der Waals surface area contributed by atoms with Crippen molar-refractivity contribution in [3.63, 3.8) is 0 Å². The van der Waals surface area contributed by atoms with Crippen molar-refractivity contribution < 1.29 is 14.6 Å². The first kappa shape index (κ1) is 17.6. The summed E-state index contributed by atoms with van der Waals surface area (Å²) >= 11 is 0. The topological polar surface area (TPSA) is 58.6 Å². The normalized spacial score (nSPS) is 17.7. The molecule has 25 heavy (non-hydrogen) atoms. The van der Waals surface area contributed by atoms with Crippen molar-refractivity contribution in [1.29, 1.82) is 0 Å². The first-order chi connectivity index (χ1) is 12.1. The molecule has 1 unspecified atom stereocenters. The molecule has 3 rings (SSSR count). The number of aliphatic hydroxyl groups excluding tert-OH is 1. The lowest BCUT2D eigenvalue weighted by molar-refractivity contribution is -0.130. The molecule has 0 radical (unpaired) electrons. The Kier molecular flexibility index (Phi) is 5.51. The number of carbonyl (C=O) groups excluding carboxylic acids is 1. The highest BCUT2D eigenvalue weighted by Crippen LogP contribution is 2.36. The molecule has 132 valence electrons. The molecule has 1 amide bonds. The molecular formula is C21H25NO3. The highest BCUT2D eigenvalue weighted by atomic mass is 16.5. The van der Waals surface area contributed by atoms with Crippen LogP contribution in [0.15, 0.2) is 54.6 Å². The van der Waals surface area contributed by atoms with E-state index >= 15 is 0 Å². The summed E-state index contributed by atoms with van der Waals surface area (Å²) in [6, 6.07) is 17.3. The minimum absolute atomic E-state index is 0.143. The number of aliphatic hydroxyl groups is 1. The Bertz CT molecular complexity index is 708. The first-order valence-corrected chi connectivity index (χ1v) is 8.77. The van der Waals surface area contributed by atoms with Crippen LogP contribution in [0, 0.1) is 6.92 Å². The largest absolute Gasteiger partial charge is 0.381 e. The molecular weight excluding hydrogens is 314 g/mol. The highest BCUT2D eigenvalue weighted by molar-refractivity contribution is 5.82.